The molecule has 0 unspecified atom stereocenters. The van der Waals surface area contributed by atoms with E-state index in [1.54, 1.807) is 11.0 Å². The zero-order valence-corrected chi connectivity index (χ0v) is 20.6. The molecule has 0 heterocycles. The van der Waals surface area contributed by atoms with Crippen LogP contribution in [0.3, 0.4) is 0 Å². The number of amides is 2. The molecular formula is C24H30Cl2N2O2S. The van der Waals surface area contributed by atoms with Gasteiger partial charge in [0.25, 0.3) is 0 Å². The molecule has 168 valence electrons. The molecule has 0 fully saturated rings. The van der Waals surface area contributed by atoms with Crippen LogP contribution in [0.15, 0.2) is 48.5 Å². The molecule has 2 aromatic carbocycles. The lowest BCUT2D eigenvalue weighted by Gasteiger charge is -2.31. The highest BCUT2D eigenvalue weighted by Crippen LogP contribution is 2.22. The molecule has 4 nitrogen and oxygen atoms in total. The van der Waals surface area contributed by atoms with Gasteiger partial charge < -0.3 is 10.2 Å². The largest absolute Gasteiger partial charge is 0.352 e. The molecule has 2 amide bonds. The van der Waals surface area contributed by atoms with Gasteiger partial charge in [0.2, 0.25) is 11.8 Å². The smallest absolute Gasteiger partial charge is 0.243 e. The van der Waals surface area contributed by atoms with Crippen molar-refractivity contribution >= 4 is 46.8 Å². The van der Waals surface area contributed by atoms with Crippen molar-refractivity contribution in [1.29, 1.82) is 0 Å². The molecule has 1 N–H and O–H groups in total. The Morgan fingerprint density at radius 1 is 1.06 bits per heavy atom. The van der Waals surface area contributed by atoms with Crippen LogP contribution in [0.1, 0.15) is 44.7 Å². The maximum Gasteiger partial charge on any atom is 0.243 e. The van der Waals surface area contributed by atoms with E-state index in [9.17, 15) is 9.59 Å². The first kappa shape index (κ1) is 25.6. The maximum atomic E-state index is 13.2. The van der Waals surface area contributed by atoms with Gasteiger partial charge in [0.05, 0.1) is 5.75 Å². The number of nitrogens with zero attached hydrogens (tertiary/aromatic N) is 1. The first-order chi connectivity index (χ1) is 14.8. The fourth-order valence-electron chi connectivity index (χ4n) is 3.14. The van der Waals surface area contributed by atoms with Gasteiger partial charge in [0.1, 0.15) is 6.04 Å². The van der Waals surface area contributed by atoms with Gasteiger partial charge in [-0.2, -0.15) is 0 Å². The zero-order valence-electron chi connectivity index (χ0n) is 18.2. The van der Waals surface area contributed by atoms with Gasteiger partial charge in [-0.05, 0) is 49.1 Å². The quantitative estimate of drug-likeness (QED) is 0.432. The molecule has 0 aliphatic heterocycles. The molecule has 2 aromatic rings. The van der Waals surface area contributed by atoms with E-state index in [1.165, 1.54) is 11.8 Å². The first-order valence-corrected chi connectivity index (χ1v) is 12.4. The summed E-state index contributed by atoms with van der Waals surface area (Å²) in [5.41, 5.74) is 1.89. The van der Waals surface area contributed by atoms with E-state index in [0.717, 1.165) is 17.5 Å². The van der Waals surface area contributed by atoms with E-state index in [0.29, 0.717) is 28.8 Å². The zero-order chi connectivity index (χ0) is 22.8. The van der Waals surface area contributed by atoms with Crippen molar-refractivity contribution in [3.8, 4) is 0 Å². The van der Waals surface area contributed by atoms with E-state index in [4.69, 9.17) is 23.2 Å². The number of carbonyl (C=O) groups excluding carboxylic acids is 2. The Kier molecular flexibility index (Phi) is 10.7. The number of nitrogens with one attached hydrogen (secondary N) is 1. The molecule has 0 saturated heterocycles. The lowest BCUT2D eigenvalue weighted by atomic mass is 10.1. The van der Waals surface area contributed by atoms with E-state index >= 15 is 0 Å². The van der Waals surface area contributed by atoms with Crippen molar-refractivity contribution in [3.63, 3.8) is 0 Å². The van der Waals surface area contributed by atoms with Crippen LogP contribution in [0.4, 0.5) is 0 Å². The Labute approximate surface area is 199 Å². The second-order valence-electron chi connectivity index (χ2n) is 7.48. The number of halogens is 2. The summed E-state index contributed by atoms with van der Waals surface area (Å²) in [6.07, 6.45) is 1.35. The van der Waals surface area contributed by atoms with Gasteiger partial charge >= 0.3 is 0 Å². The monoisotopic (exact) mass is 480 g/mol. The molecule has 0 radical (unpaired) electrons. The Bertz CT molecular complexity index is 878. The minimum Gasteiger partial charge on any atom is -0.352 e. The summed E-state index contributed by atoms with van der Waals surface area (Å²) in [5, 5.41) is 4.28. The third-order valence-corrected chi connectivity index (χ3v) is 6.66. The van der Waals surface area contributed by atoms with Crippen LogP contribution in [0, 0.1) is 0 Å². The molecule has 31 heavy (non-hydrogen) atoms. The highest BCUT2D eigenvalue weighted by atomic mass is 35.5. The number of thioether (sulfide) groups is 1. The fourth-order valence-corrected chi connectivity index (χ4v) is 4.40. The number of benzene rings is 2. The topological polar surface area (TPSA) is 49.4 Å². The van der Waals surface area contributed by atoms with Crippen molar-refractivity contribution in [3.05, 3.63) is 69.7 Å². The summed E-state index contributed by atoms with van der Waals surface area (Å²) >= 11 is 13.9. The van der Waals surface area contributed by atoms with Crippen molar-refractivity contribution < 1.29 is 9.59 Å². The van der Waals surface area contributed by atoms with Gasteiger partial charge in [-0.25, -0.2) is 0 Å². The fraction of sp³-hybridized carbons (Fsp3) is 0.417. The Morgan fingerprint density at radius 2 is 1.81 bits per heavy atom. The van der Waals surface area contributed by atoms with Crippen molar-refractivity contribution in [1.82, 2.24) is 10.2 Å². The third-order valence-electron chi connectivity index (χ3n) is 5.07. The number of carbonyl (C=O) groups is 2. The molecule has 0 bridgehead atoms. The van der Waals surface area contributed by atoms with Crippen LogP contribution in [0.25, 0.3) is 0 Å². The van der Waals surface area contributed by atoms with Gasteiger partial charge in [-0.1, -0.05) is 67.4 Å². The van der Waals surface area contributed by atoms with Crippen molar-refractivity contribution in [2.45, 2.75) is 58.0 Å². The number of hydrogen-bond acceptors (Lipinski definition) is 3. The summed E-state index contributed by atoms with van der Waals surface area (Å²) in [6, 6.07) is 14.5. The number of rotatable bonds is 11. The summed E-state index contributed by atoms with van der Waals surface area (Å²) in [4.78, 5) is 27.8. The van der Waals surface area contributed by atoms with Gasteiger partial charge in [-0.15, -0.1) is 11.8 Å². The van der Waals surface area contributed by atoms with Crippen LogP contribution >= 0.6 is 35.0 Å². The second-order valence-corrected chi connectivity index (χ2v) is 9.31. The normalized spacial score (nSPS) is 12.8. The Balaban J connectivity index is 2.15. The van der Waals surface area contributed by atoms with E-state index < -0.39 is 6.04 Å². The molecule has 7 heteroatoms. The van der Waals surface area contributed by atoms with Crippen molar-refractivity contribution in [2.24, 2.45) is 0 Å². The van der Waals surface area contributed by atoms with Gasteiger partial charge in [0.15, 0.2) is 0 Å². The highest BCUT2D eigenvalue weighted by molar-refractivity contribution is 7.99. The molecule has 0 aliphatic rings. The highest BCUT2D eigenvalue weighted by Gasteiger charge is 2.29. The minimum atomic E-state index is -0.551. The predicted octanol–water partition coefficient (Wildman–Crippen LogP) is 5.95. The van der Waals surface area contributed by atoms with Crippen molar-refractivity contribution in [2.75, 3.05) is 5.75 Å². The predicted molar refractivity (Wildman–Crippen MR) is 132 cm³/mol. The van der Waals surface area contributed by atoms with E-state index in [-0.39, 0.29) is 23.6 Å². The molecule has 0 aliphatic carbocycles. The Hall–Kier alpha value is -1.69. The van der Waals surface area contributed by atoms with Gasteiger partial charge in [-0.3, -0.25) is 9.59 Å². The average Bonchev–Trinajstić information content (AvgIpc) is 2.74. The molecule has 0 aromatic heterocycles. The summed E-state index contributed by atoms with van der Waals surface area (Å²) in [6.45, 7) is 6.20. The van der Waals surface area contributed by atoms with E-state index in [1.807, 2.05) is 63.2 Å². The standard InChI is InChI=1S/C24H30Cl2N2O2S/c1-4-17(3)27-24(30)22(5-2)28(14-19-10-6-7-12-21(19)26)23(29)16-31-15-18-9-8-11-20(25)13-18/h6-13,17,22H,4-5,14-16H2,1-3H3,(H,27,30)/t17-,22-/m0/s1. The molecule has 0 saturated carbocycles. The summed E-state index contributed by atoms with van der Waals surface area (Å²) < 4.78 is 0. The average molecular weight is 481 g/mol. The minimum absolute atomic E-state index is 0.0519. The van der Waals surface area contributed by atoms with Crippen LogP contribution in [-0.4, -0.2) is 34.6 Å². The summed E-state index contributed by atoms with van der Waals surface area (Å²) in [7, 11) is 0. The van der Waals surface area contributed by atoms with E-state index in [2.05, 4.69) is 5.32 Å². The second kappa shape index (κ2) is 13.0. The first-order valence-electron chi connectivity index (χ1n) is 10.5. The Morgan fingerprint density at radius 3 is 2.45 bits per heavy atom. The third kappa shape index (κ3) is 8.06. The van der Waals surface area contributed by atoms with Crippen LogP contribution in [0.5, 0.6) is 0 Å². The number of hydrogen-bond donors (Lipinski definition) is 1. The maximum absolute atomic E-state index is 13.2. The van der Waals surface area contributed by atoms with Crippen LogP contribution in [-0.2, 0) is 21.9 Å². The van der Waals surface area contributed by atoms with Crippen LogP contribution in [0.2, 0.25) is 10.0 Å². The van der Waals surface area contributed by atoms with Gasteiger partial charge in [0, 0.05) is 28.4 Å². The lowest BCUT2D eigenvalue weighted by molar-refractivity contribution is -0.139. The van der Waals surface area contributed by atoms with Crippen LogP contribution < -0.4 is 5.32 Å². The molecule has 2 atom stereocenters. The molecule has 0 spiro atoms. The summed E-state index contributed by atoms with van der Waals surface area (Å²) in [5.74, 6) is 0.724. The SMILES string of the molecule is CC[C@H](C)NC(=O)[C@H](CC)N(Cc1ccccc1Cl)C(=O)CSCc1cccc(Cl)c1. The lowest BCUT2D eigenvalue weighted by Crippen LogP contribution is -2.51. The molecular weight excluding hydrogens is 451 g/mol. The molecule has 2 rings (SSSR count).